The van der Waals surface area contributed by atoms with Gasteiger partial charge in [-0.25, -0.2) is 4.79 Å². The highest BCUT2D eigenvalue weighted by Gasteiger charge is 2.43. The van der Waals surface area contributed by atoms with Crippen LogP contribution in [0.5, 0.6) is 0 Å². The molecular formula is C7H8F6O2. The van der Waals surface area contributed by atoms with Crippen LogP contribution in [0.25, 0.3) is 0 Å². The molecule has 0 heterocycles. The third kappa shape index (κ3) is 19.3. The third-order valence-corrected chi connectivity index (χ3v) is 0.766. The minimum absolute atomic E-state index is 0.176. The lowest BCUT2D eigenvalue weighted by atomic mass is 10.4. The second-order valence-electron chi connectivity index (χ2n) is 2.49. The van der Waals surface area contributed by atoms with E-state index in [9.17, 15) is 31.1 Å². The SMILES string of the molecule is C=C(C)C(=O)O.FC(F)(F)CC(F)(F)F. The second kappa shape index (κ2) is 5.62. The largest absolute Gasteiger partial charge is 0.478 e. The van der Waals surface area contributed by atoms with E-state index in [1.165, 1.54) is 6.92 Å². The normalized spacial score (nSPS) is 11.4. The summed E-state index contributed by atoms with van der Waals surface area (Å²) in [6, 6.07) is 0. The zero-order valence-electron chi connectivity index (χ0n) is 7.54. The van der Waals surface area contributed by atoms with Gasteiger partial charge in [0.25, 0.3) is 0 Å². The molecule has 0 bridgehead atoms. The van der Waals surface area contributed by atoms with E-state index in [1.807, 2.05) is 0 Å². The van der Waals surface area contributed by atoms with Gasteiger partial charge in [0.05, 0.1) is 0 Å². The summed E-state index contributed by atoms with van der Waals surface area (Å²) in [7, 11) is 0. The molecule has 2 nitrogen and oxygen atoms in total. The molecule has 0 atom stereocenters. The zero-order valence-corrected chi connectivity index (χ0v) is 7.54. The Morgan fingerprint density at radius 3 is 1.33 bits per heavy atom. The van der Waals surface area contributed by atoms with Gasteiger partial charge in [-0.2, -0.15) is 26.3 Å². The number of carboxylic acid groups (broad SMARTS) is 1. The molecule has 0 saturated carbocycles. The van der Waals surface area contributed by atoms with Gasteiger partial charge in [0, 0.05) is 5.57 Å². The molecule has 0 fully saturated rings. The lowest BCUT2D eigenvalue weighted by Gasteiger charge is -2.08. The molecule has 8 heteroatoms. The number of hydrogen-bond donors (Lipinski definition) is 1. The highest BCUT2D eigenvalue weighted by Crippen LogP contribution is 2.31. The minimum Gasteiger partial charge on any atom is -0.478 e. The standard InChI is InChI=1S/C4H6O2.C3H2F6/c1-3(2)4(5)6;4-2(5,6)1-3(7,8)9/h1H2,2H3,(H,5,6);1H2. The van der Waals surface area contributed by atoms with Gasteiger partial charge in [-0.1, -0.05) is 6.58 Å². The summed E-state index contributed by atoms with van der Waals surface area (Å²) in [5.74, 6) is -0.935. The molecule has 0 aromatic heterocycles. The number of alkyl halides is 6. The van der Waals surface area contributed by atoms with Crippen molar-refractivity contribution in [2.45, 2.75) is 25.7 Å². The monoisotopic (exact) mass is 238 g/mol. The van der Waals surface area contributed by atoms with Crippen LogP contribution in [0.1, 0.15) is 13.3 Å². The first kappa shape index (κ1) is 16.2. The Hall–Kier alpha value is -1.21. The van der Waals surface area contributed by atoms with E-state index in [1.54, 1.807) is 0 Å². The van der Waals surface area contributed by atoms with Gasteiger partial charge in [0.15, 0.2) is 0 Å². The highest BCUT2D eigenvalue weighted by molar-refractivity contribution is 5.84. The van der Waals surface area contributed by atoms with E-state index in [0.29, 0.717) is 0 Å². The molecule has 0 aliphatic heterocycles. The molecule has 1 N–H and O–H groups in total. The summed E-state index contributed by atoms with van der Waals surface area (Å²) in [5, 5.41) is 7.89. The Balaban J connectivity index is 0. The van der Waals surface area contributed by atoms with E-state index < -0.39 is 24.7 Å². The third-order valence-electron chi connectivity index (χ3n) is 0.766. The summed E-state index contributed by atoms with van der Waals surface area (Å²) in [5.41, 5.74) is 0.176. The Labute approximate surface area is 81.2 Å². The summed E-state index contributed by atoms with van der Waals surface area (Å²) in [4.78, 5) is 9.60. The van der Waals surface area contributed by atoms with Crippen molar-refractivity contribution < 1.29 is 36.2 Å². The van der Waals surface area contributed by atoms with Gasteiger partial charge in [0.2, 0.25) is 0 Å². The number of rotatable bonds is 1. The quantitative estimate of drug-likeness (QED) is 0.562. The predicted octanol–water partition coefficient (Wildman–Crippen LogP) is 3.15. The van der Waals surface area contributed by atoms with Crippen LogP contribution in [0.3, 0.4) is 0 Å². The number of carbonyl (C=O) groups is 1. The van der Waals surface area contributed by atoms with Crippen molar-refractivity contribution in [1.82, 2.24) is 0 Å². The Morgan fingerprint density at radius 2 is 1.33 bits per heavy atom. The van der Waals surface area contributed by atoms with E-state index in [4.69, 9.17) is 5.11 Å². The van der Waals surface area contributed by atoms with Gasteiger partial charge < -0.3 is 5.11 Å². The van der Waals surface area contributed by atoms with Crippen LogP contribution in [0.15, 0.2) is 12.2 Å². The van der Waals surface area contributed by atoms with Crippen molar-refractivity contribution in [3.63, 3.8) is 0 Å². The molecule has 0 radical (unpaired) electrons. The van der Waals surface area contributed by atoms with Crippen LogP contribution >= 0.6 is 0 Å². The summed E-state index contributed by atoms with van der Waals surface area (Å²) >= 11 is 0. The van der Waals surface area contributed by atoms with Crippen LogP contribution in [-0.2, 0) is 4.79 Å². The molecular weight excluding hydrogens is 230 g/mol. The van der Waals surface area contributed by atoms with Crippen LogP contribution in [0.4, 0.5) is 26.3 Å². The maximum atomic E-state index is 10.8. The van der Waals surface area contributed by atoms with Crippen LogP contribution in [0, 0.1) is 0 Å². The Bertz CT molecular complexity index is 203. The fourth-order valence-electron chi connectivity index (χ4n) is 0.227. The van der Waals surface area contributed by atoms with E-state index in [0.717, 1.165) is 0 Å². The summed E-state index contributed by atoms with van der Waals surface area (Å²) < 4.78 is 65.0. The molecule has 0 aliphatic carbocycles. The average molecular weight is 238 g/mol. The van der Waals surface area contributed by atoms with Gasteiger partial charge in [-0.05, 0) is 6.92 Å². The van der Waals surface area contributed by atoms with Gasteiger partial charge in [0.1, 0.15) is 6.42 Å². The smallest absolute Gasteiger partial charge is 0.397 e. The molecule has 0 aliphatic rings. The first-order valence-electron chi connectivity index (χ1n) is 3.37. The second-order valence-corrected chi connectivity index (χ2v) is 2.49. The van der Waals surface area contributed by atoms with Crippen molar-refractivity contribution in [3.8, 4) is 0 Å². The van der Waals surface area contributed by atoms with Crippen LogP contribution in [0.2, 0.25) is 0 Å². The molecule has 0 unspecified atom stereocenters. The number of hydrogen-bond acceptors (Lipinski definition) is 1. The molecule has 0 spiro atoms. The number of aliphatic carboxylic acids is 1. The number of halogens is 6. The molecule has 0 amide bonds. The zero-order chi connectivity index (χ0) is 12.9. The minimum atomic E-state index is -5.14. The maximum Gasteiger partial charge on any atom is 0.397 e. The Kier molecular flexibility index (Phi) is 6.08. The average Bonchev–Trinajstić information content (AvgIpc) is 1.78. The van der Waals surface area contributed by atoms with Gasteiger partial charge >= 0.3 is 18.3 Å². The van der Waals surface area contributed by atoms with E-state index in [-0.39, 0.29) is 5.57 Å². The Morgan fingerprint density at radius 1 is 1.13 bits per heavy atom. The lowest BCUT2D eigenvalue weighted by molar-refractivity contribution is -0.232. The maximum absolute atomic E-state index is 10.8. The van der Waals surface area contributed by atoms with Crippen LogP contribution in [-0.4, -0.2) is 23.4 Å². The molecule has 0 aromatic rings. The fourth-order valence-corrected chi connectivity index (χ4v) is 0.227. The van der Waals surface area contributed by atoms with Crippen molar-refractivity contribution in [3.05, 3.63) is 12.2 Å². The lowest BCUT2D eigenvalue weighted by Crippen LogP contribution is -2.20. The molecule has 15 heavy (non-hydrogen) atoms. The molecule has 0 saturated heterocycles. The predicted molar refractivity (Wildman–Crippen MR) is 39.2 cm³/mol. The topological polar surface area (TPSA) is 37.3 Å². The van der Waals surface area contributed by atoms with Gasteiger partial charge in [-0.3, -0.25) is 0 Å². The summed E-state index contributed by atoms with van der Waals surface area (Å²) in [6.07, 6.45) is -13.0. The van der Waals surface area contributed by atoms with Crippen molar-refractivity contribution in [2.24, 2.45) is 0 Å². The van der Waals surface area contributed by atoms with E-state index >= 15 is 0 Å². The first-order valence-corrected chi connectivity index (χ1v) is 3.37. The number of carboxylic acids is 1. The van der Waals surface area contributed by atoms with Crippen molar-refractivity contribution in [1.29, 1.82) is 0 Å². The van der Waals surface area contributed by atoms with Crippen molar-refractivity contribution in [2.75, 3.05) is 0 Å². The van der Waals surface area contributed by atoms with E-state index in [2.05, 4.69) is 6.58 Å². The molecule has 0 rings (SSSR count). The molecule has 90 valence electrons. The molecule has 0 aromatic carbocycles. The highest BCUT2D eigenvalue weighted by atomic mass is 19.4. The fraction of sp³-hybridized carbons (Fsp3) is 0.571. The first-order chi connectivity index (χ1) is 6.35. The van der Waals surface area contributed by atoms with Gasteiger partial charge in [-0.15, -0.1) is 0 Å². The van der Waals surface area contributed by atoms with Crippen LogP contribution < -0.4 is 0 Å². The summed E-state index contributed by atoms with van der Waals surface area (Å²) in [6.45, 7) is 4.60. The van der Waals surface area contributed by atoms with Crippen molar-refractivity contribution >= 4 is 5.97 Å².